The van der Waals surface area contributed by atoms with E-state index in [0.717, 1.165) is 30.4 Å². The molecule has 0 spiro atoms. The molecule has 3 unspecified atom stereocenters. The van der Waals surface area contributed by atoms with E-state index in [1.54, 1.807) is 6.07 Å². The SMILES string of the molecule is CC1CCC(Nc2cc3nc[nH]c(=O)c3cc2N)CC1C. The van der Waals surface area contributed by atoms with E-state index in [0.29, 0.717) is 22.6 Å². The molecule has 5 nitrogen and oxygen atoms in total. The number of aromatic amines is 1. The van der Waals surface area contributed by atoms with Gasteiger partial charge in [0.25, 0.3) is 5.56 Å². The van der Waals surface area contributed by atoms with Gasteiger partial charge in [-0.25, -0.2) is 4.98 Å². The number of hydrogen-bond donors (Lipinski definition) is 3. The summed E-state index contributed by atoms with van der Waals surface area (Å²) < 4.78 is 0. The minimum absolute atomic E-state index is 0.154. The Kier molecular flexibility index (Phi) is 3.57. The Morgan fingerprint density at radius 3 is 2.86 bits per heavy atom. The van der Waals surface area contributed by atoms with Crippen molar-refractivity contribution in [2.45, 2.75) is 39.2 Å². The third-order valence-corrected chi connectivity index (χ3v) is 4.77. The highest BCUT2D eigenvalue weighted by Crippen LogP contribution is 2.32. The molecule has 3 rings (SSSR count). The number of aromatic nitrogens is 2. The number of nitrogens with one attached hydrogen (secondary N) is 2. The minimum Gasteiger partial charge on any atom is -0.397 e. The molecule has 112 valence electrons. The molecule has 1 aliphatic rings. The molecule has 4 N–H and O–H groups in total. The van der Waals surface area contributed by atoms with Crippen LogP contribution < -0.4 is 16.6 Å². The van der Waals surface area contributed by atoms with Gasteiger partial charge < -0.3 is 16.0 Å². The van der Waals surface area contributed by atoms with Crippen molar-refractivity contribution in [2.24, 2.45) is 11.8 Å². The predicted octanol–water partition coefficient (Wildman–Crippen LogP) is 2.74. The maximum absolute atomic E-state index is 11.7. The third kappa shape index (κ3) is 2.73. The van der Waals surface area contributed by atoms with Crippen LogP contribution in [0.25, 0.3) is 10.9 Å². The number of hydrogen-bond acceptors (Lipinski definition) is 4. The lowest BCUT2D eigenvalue weighted by atomic mass is 9.79. The Bertz CT molecular complexity index is 709. The van der Waals surface area contributed by atoms with Crippen molar-refractivity contribution >= 4 is 22.3 Å². The second-order valence-corrected chi connectivity index (χ2v) is 6.30. The van der Waals surface area contributed by atoms with E-state index in [-0.39, 0.29) is 5.56 Å². The number of nitrogen functional groups attached to an aromatic ring is 1. The Morgan fingerprint density at radius 1 is 1.29 bits per heavy atom. The van der Waals surface area contributed by atoms with E-state index in [9.17, 15) is 4.79 Å². The number of fused-ring (bicyclic) bond motifs is 1. The molecule has 0 bridgehead atoms. The number of rotatable bonds is 2. The summed E-state index contributed by atoms with van der Waals surface area (Å²) in [4.78, 5) is 18.5. The van der Waals surface area contributed by atoms with Gasteiger partial charge in [0.2, 0.25) is 0 Å². The average Bonchev–Trinajstić information content (AvgIpc) is 2.45. The summed E-state index contributed by atoms with van der Waals surface area (Å²) in [6.07, 6.45) is 4.98. The first-order valence-electron chi connectivity index (χ1n) is 7.58. The highest BCUT2D eigenvalue weighted by molar-refractivity contribution is 5.88. The minimum atomic E-state index is -0.154. The second-order valence-electron chi connectivity index (χ2n) is 6.30. The van der Waals surface area contributed by atoms with Gasteiger partial charge in [0.1, 0.15) is 0 Å². The Labute approximate surface area is 124 Å². The molecule has 1 aromatic carbocycles. The van der Waals surface area contributed by atoms with Gasteiger partial charge in [0, 0.05) is 6.04 Å². The molecule has 0 saturated heterocycles. The first-order chi connectivity index (χ1) is 10.0. The Balaban J connectivity index is 1.87. The Hall–Kier alpha value is -2.04. The zero-order valence-corrected chi connectivity index (χ0v) is 12.5. The van der Waals surface area contributed by atoms with Crippen LogP contribution in [0.5, 0.6) is 0 Å². The average molecular weight is 286 g/mol. The van der Waals surface area contributed by atoms with Crippen LogP contribution in [0, 0.1) is 11.8 Å². The van der Waals surface area contributed by atoms with Gasteiger partial charge in [-0.3, -0.25) is 4.79 Å². The number of nitrogens with zero attached hydrogens (tertiary/aromatic N) is 1. The van der Waals surface area contributed by atoms with Crippen molar-refractivity contribution in [1.82, 2.24) is 9.97 Å². The van der Waals surface area contributed by atoms with Gasteiger partial charge in [0.05, 0.1) is 28.6 Å². The normalized spacial score (nSPS) is 25.9. The quantitative estimate of drug-likeness (QED) is 0.741. The lowest BCUT2D eigenvalue weighted by Gasteiger charge is -2.33. The van der Waals surface area contributed by atoms with Crippen LogP contribution >= 0.6 is 0 Å². The molecule has 0 amide bonds. The van der Waals surface area contributed by atoms with E-state index in [4.69, 9.17) is 5.73 Å². The number of nitrogens with two attached hydrogens (primary N) is 1. The molecule has 21 heavy (non-hydrogen) atoms. The molecule has 1 aliphatic carbocycles. The summed E-state index contributed by atoms with van der Waals surface area (Å²) in [7, 11) is 0. The van der Waals surface area contributed by atoms with Crippen molar-refractivity contribution in [1.29, 1.82) is 0 Å². The summed E-state index contributed by atoms with van der Waals surface area (Å²) in [6, 6.07) is 4.03. The van der Waals surface area contributed by atoms with Gasteiger partial charge in [-0.05, 0) is 43.2 Å². The lowest BCUT2D eigenvalue weighted by molar-refractivity contribution is 0.261. The van der Waals surface area contributed by atoms with E-state index in [2.05, 4.69) is 29.1 Å². The van der Waals surface area contributed by atoms with E-state index < -0.39 is 0 Å². The summed E-state index contributed by atoms with van der Waals surface area (Å²) in [5.41, 5.74) is 8.10. The fourth-order valence-corrected chi connectivity index (χ4v) is 3.16. The summed E-state index contributed by atoms with van der Waals surface area (Å²) in [6.45, 7) is 4.63. The first-order valence-corrected chi connectivity index (χ1v) is 7.58. The molecule has 2 aromatic rings. The number of H-pyrrole nitrogens is 1. The molecule has 1 heterocycles. The van der Waals surface area contributed by atoms with Crippen LogP contribution in [0.15, 0.2) is 23.3 Å². The van der Waals surface area contributed by atoms with Crippen molar-refractivity contribution in [2.75, 3.05) is 11.1 Å². The van der Waals surface area contributed by atoms with Gasteiger partial charge in [0.15, 0.2) is 0 Å². The van der Waals surface area contributed by atoms with E-state index >= 15 is 0 Å². The van der Waals surface area contributed by atoms with Gasteiger partial charge in [-0.2, -0.15) is 0 Å². The molecule has 0 radical (unpaired) electrons. The van der Waals surface area contributed by atoms with Crippen LogP contribution in [0.1, 0.15) is 33.1 Å². The second kappa shape index (κ2) is 5.39. The molecular formula is C16H22N4O. The van der Waals surface area contributed by atoms with Gasteiger partial charge in [-0.1, -0.05) is 13.8 Å². The van der Waals surface area contributed by atoms with Crippen LogP contribution in [0.4, 0.5) is 11.4 Å². The lowest BCUT2D eigenvalue weighted by Crippen LogP contribution is -2.30. The topological polar surface area (TPSA) is 83.8 Å². The van der Waals surface area contributed by atoms with E-state index in [1.165, 1.54) is 12.7 Å². The van der Waals surface area contributed by atoms with Gasteiger partial charge in [-0.15, -0.1) is 0 Å². The zero-order valence-electron chi connectivity index (χ0n) is 12.5. The highest BCUT2D eigenvalue weighted by Gasteiger charge is 2.24. The number of benzene rings is 1. The molecule has 1 aromatic heterocycles. The fourth-order valence-electron chi connectivity index (χ4n) is 3.16. The molecule has 5 heteroatoms. The summed E-state index contributed by atoms with van der Waals surface area (Å²) in [5, 5.41) is 4.07. The monoisotopic (exact) mass is 286 g/mol. The van der Waals surface area contributed by atoms with Crippen molar-refractivity contribution in [3.63, 3.8) is 0 Å². The molecule has 3 atom stereocenters. The molecule has 0 aliphatic heterocycles. The smallest absolute Gasteiger partial charge is 0.258 e. The molecule has 1 fully saturated rings. The molecule has 1 saturated carbocycles. The maximum Gasteiger partial charge on any atom is 0.258 e. The van der Waals surface area contributed by atoms with Gasteiger partial charge >= 0.3 is 0 Å². The summed E-state index contributed by atoms with van der Waals surface area (Å²) in [5.74, 6) is 1.51. The van der Waals surface area contributed by atoms with Crippen LogP contribution in [0.2, 0.25) is 0 Å². The first kappa shape index (κ1) is 13.9. The predicted molar refractivity (Wildman–Crippen MR) is 86.4 cm³/mol. The number of anilines is 2. The standard InChI is InChI=1S/C16H22N4O/c1-9-3-4-11(5-10(9)2)20-15-7-14-12(6-13(15)17)16(21)19-8-18-14/h6-11,20H,3-5,17H2,1-2H3,(H,18,19,21). The van der Waals surface area contributed by atoms with Crippen LogP contribution in [-0.2, 0) is 0 Å². The molecular weight excluding hydrogens is 264 g/mol. The highest BCUT2D eigenvalue weighted by atomic mass is 16.1. The maximum atomic E-state index is 11.7. The van der Waals surface area contributed by atoms with Crippen molar-refractivity contribution in [3.05, 3.63) is 28.8 Å². The summed E-state index contributed by atoms with van der Waals surface area (Å²) >= 11 is 0. The van der Waals surface area contributed by atoms with E-state index in [1.807, 2.05) is 6.07 Å². The van der Waals surface area contributed by atoms with Crippen LogP contribution in [0.3, 0.4) is 0 Å². The Morgan fingerprint density at radius 2 is 2.10 bits per heavy atom. The fraction of sp³-hybridized carbons (Fsp3) is 0.500. The largest absolute Gasteiger partial charge is 0.397 e. The van der Waals surface area contributed by atoms with Crippen molar-refractivity contribution in [3.8, 4) is 0 Å². The van der Waals surface area contributed by atoms with Crippen LogP contribution in [-0.4, -0.2) is 16.0 Å². The third-order valence-electron chi connectivity index (χ3n) is 4.77. The zero-order chi connectivity index (χ0) is 15.0. The van der Waals surface area contributed by atoms with Crippen molar-refractivity contribution < 1.29 is 0 Å².